The first-order valence-corrected chi connectivity index (χ1v) is 16.7. The summed E-state index contributed by atoms with van der Waals surface area (Å²) in [7, 11) is 0. The number of esters is 1. The first-order valence-electron chi connectivity index (χ1n) is 16.7. The maximum Gasteiger partial charge on any atom is 0.416 e. The number of carbonyl (C=O) groups excluding carboxylic acids is 2. The van der Waals surface area contributed by atoms with Gasteiger partial charge in [-0.1, -0.05) is 72.3 Å². The summed E-state index contributed by atoms with van der Waals surface area (Å²) in [5.41, 5.74) is 3.73. The second kappa shape index (κ2) is 18.0. The number of aryl methyl sites for hydroxylation is 1. The summed E-state index contributed by atoms with van der Waals surface area (Å²) in [6.45, 7) is -1.22. The number of carbonyl (C=O) groups is 2. The maximum absolute atomic E-state index is 13.8. The van der Waals surface area contributed by atoms with Gasteiger partial charge in [0, 0.05) is 24.5 Å². The molecule has 0 spiro atoms. The molecule has 0 N–H and O–H groups in total. The van der Waals surface area contributed by atoms with E-state index in [-0.39, 0.29) is 24.6 Å². The van der Waals surface area contributed by atoms with Crippen LogP contribution in [-0.4, -0.2) is 41.9 Å². The summed E-state index contributed by atoms with van der Waals surface area (Å²) in [6, 6.07) is 26.3. The summed E-state index contributed by atoms with van der Waals surface area (Å²) in [4.78, 5) is 37.6. The van der Waals surface area contributed by atoms with Crippen molar-refractivity contribution < 1.29 is 46.1 Å². The largest absolute Gasteiger partial charge is 0.465 e. The zero-order chi connectivity index (χ0) is 37.9. The van der Waals surface area contributed by atoms with Crippen molar-refractivity contribution in [1.82, 2.24) is 9.97 Å². The Hall–Kier alpha value is -5.98. The molecule has 276 valence electrons. The SMILES string of the molecule is CCOC(=O)C(c1ccncc1)C(c1ccc(N(C(=O)OCc2ccccc2)C(C)c2ccc(C)cc2)nc1)c1ccc(OC(F)F)c(OC(F)F)c1. The van der Waals surface area contributed by atoms with E-state index in [1.165, 1.54) is 29.6 Å². The number of nitrogens with zero attached hydrogens (tertiary/aromatic N) is 3. The highest BCUT2D eigenvalue weighted by Crippen LogP contribution is 2.43. The first-order chi connectivity index (χ1) is 25.5. The average molecular weight is 732 g/mol. The Morgan fingerprint density at radius 3 is 2.00 bits per heavy atom. The van der Waals surface area contributed by atoms with E-state index in [2.05, 4.69) is 19.4 Å². The highest BCUT2D eigenvalue weighted by Gasteiger charge is 2.36. The number of amides is 1. The molecular weight excluding hydrogens is 694 g/mol. The number of rotatable bonds is 15. The number of benzene rings is 3. The van der Waals surface area contributed by atoms with Gasteiger partial charge in [0.05, 0.1) is 18.6 Å². The third-order valence-electron chi connectivity index (χ3n) is 8.42. The van der Waals surface area contributed by atoms with Gasteiger partial charge in [-0.05, 0) is 78.9 Å². The van der Waals surface area contributed by atoms with Gasteiger partial charge >= 0.3 is 25.3 Å². The molecule has 2 aromatic heterocycles. The lowest BCUT2D eigenvalue weighted by atomic mass is 9.77. The van der Waals surface area contributed by atoms with E-state index in [4.69, 9.17) is 9.47 Å². The van der Waals surface area contributed by atoms with E-state index < -0.39 is 54.7 Å². The molecule has 0 fully saturated rings. The molecular formula is C40H37F4N3O6. The van der Waals surface area contributed by atoms with E-state index >= 15 is 0 Å². The number of ether oxygens (including phenoxy) is 4. The van der Waals surface area contributed by atoms with Crippen molar-refractivity contribution >= 4 is 17.9 Å². The molecule has 53 heavy (non-hydrogen) atoms. The minimum absolute atomic E-state index is 0.0123. The van der Waals surface area contributed by atoms with E-state index in [1.807, 2.05) is 68.4 Å². The van der Waals surface area contributed by atoms with Crippen LogP contribution in [0.15, 0.2) is 116 Å². The molecule has 0 bridgehead atoms. The highest BCUT2D eigenvalue weighted by molar-refractivity contribution is 5.87. The van der Waals surface area contributed by atoms with Crippen LogP contribution in [0, 0.1) is 6.92 Å². The summed E-state index contributed by atoms with van der Waals surface area (Å²) < 4.78 is 73.6. The minimum atomic E-state index is -3.37. The second-order valence-corrected chi connectivity index (χ2v) is 11.9. The number of anilines is 1. The third kappa shape index (κ3) is 9.88. The van der Waals surface area contributed by atoms with Crippen LogP contribution in [0.1, 0.15) is 65.1 Å². The van der Waals surface area contributed by atoms with Crippen LogP contribution in [-0.2, 0) is 20.9 Å². The van der Waals surface area contributed by atoms with Gasteiger partial charge in [0.25, 0.3) is 0 Å². The molecule has 1 amide bonds. The number of alkyl halides is 4. The number of hydrogen-bond donors (Lipinski definition) is 0. The fraction of sp³-hybridized carbons (Fsp3) is 0.250. The topological polar surface area (TPSA) is 100 Å². The van der Waals surface area contributed by atoms with Crippen LogP contribution in [0.5, 0.6) is 11.5 Å². The predicted octanol–water partition coefficient (Wildman–Crippen LogP) is 9.37. The molecule has 0 aliphatic rings. The lowest BCUT2D eigenvalue weighted by Crippen LogP contribution is -2.35. The van der Waals surface area contributed by atoms with Crippen molar-refractivity contribution in [2.24, 2.45) is 0 Å². The van der Waals surface area contributed by atoms with Crippen molar-refractivity contribution in [2.75, 3.05) is 11.5 Å². The Bertz CT molecular complexity index is 1930. The highest BCUT2D eigenvalue weighted by atomic mass is 19.3. The maximum atomic E-state index is 13.8. The van der Waals surface area contributed by atoms with Gasteiger partial charge < -0.3 is 18.9 Å². The Kier molecular flexibility index (Phi) is 13.0. The molecule has 3 unspecified atom stereocenters. The Labute approximate surface area is 304 Å². The lowest BCUT2D eigenvalue weighted by molar-refractivity contribution is -0.145. The van der Waals surface area contributed by atoms with Gasteiger partial charge in [0.15, 0.2) is 11.5 Å². The van der Waals surface area contributed by atoms with Crippen molar-refractivity contribution in [1.29, 1.82) is 0 Å². The fourth-order valence-corrected chi connectivity index (χ4v) is 5.90. The van der Waals surface area contributed by atoms with Gasteiger partial charge in [-0.3, -0.25) is 14.7 Å². The van der Waals surface area contributed by atoms with Crippen molar-refractivity contribution in [2.45, 2.75) is 58.5 Å². The molecule has 2 heterocycles. The normalized spacial score (nSPS) is 12.8. The molecule has 5 aromatic rings. The molecule has 0 aliphatic heterocycles. The van der Waals surface area contributed by atoms with E-state index in [0.717, 1.165) is 28.8 Å². The number of aromatic nitrogens is 2. The molecule has 3 aromatic carbocycles. The first kappa shape index (κ1) is 38.3. The molecule has 5 rings (SSSR count). The van der Waals surface area contributed by atoms with Crippen LogP contribution in [0.4, 0.5) is 28.2 Å². The van der Waals surface area contributed by atoms with Crippen molar-refractivity contribution in [3.05, 3.63) is 149 Å². The molecule has 0 saturated heterocycles. The average Bonchev–Trinajstić information content (AvgIpc) is 3.15. The predicted molar refractivity (Wildman–Crippen MR) is 188 cm³/mol. The summed E-state index contributed by atoms with van der Waals surface area (Å²) >= 11 is 0. The van der Waals surface area contributed by atoms with Gasteiger partial charge in [-0.25, -0.2) is 9.78 Å². The lowest BCUT2D eigenvalue weighted by Gasteiger charge is -2.30. The fourth-order valence-electron chi connectivity index (χ4n) is 5.90. The second-order valence-electron chi connectivity index (χ2n) is 11.9. The molecule has 9 nitrogen and oxygen atoms in total. The zero-order valence-electron chi connectivity index (χ0n) is 29.1. The summed E-state index contributed by atoms with van der Waals surface area (Å²) in [5.74, 6) is -3.81. The van der Waals surface area contributed by atoms with Gasteiger partial charge in [0.2, 0.25) is 0 Å². The molecule has 0 radical (unpaired) electrons. The Balaban J connectivity index is 1.61. The van der Waals surface area contributed by atoms with E-state index in [9.17, 15) is 27.2 Å². The number of pyridine rings is 2. The smallest absolute Gasteiger partial charge is 0.416 e. The third-order valence-corrected chi connectivity index (χ3v) is 8.42. The van der Waals surface area contributed by atoms with E-state index in [1.54, 1.807) is 31.2 Å². The molecule has 3 atom stereocenters. The zero-order valence-corrected chi connectivity index (χ0v) is 29.1. The summed E-state index contributed by atoms with van der Waals surface area (Å²) in [6.07, 6.45) is 3.75. The Morgan fingerprint density at radius 1 is 0.736 bits per heavy atom. The van der Waals surface area contributed by atoms with Crippen LogP contribution >= 0.6 is 0 Å². The molecule has 13 heteroatoms. The van der Waals surface area contributed by atoms with E-state index in [0.29, 0.717) is 11.1 Å². The van der Waals surface area contributed by atoms with Crippen molar-refractivity contribution in [3.8, 4) is 11.5 Å². The number of hydrogen-bond acceptors (Lipinski definition) is 8. The standard InChI is InChI=1S/C40H37F4N3O6/c1-4-50-37(48)36(29-18-20-45-21-19-29)35(30-14-16-32(52-38(41)42)33(22-30)53-39(43)44)31-15-17-34(46-23-31)47(26(3)28-12-10-25(2)11-13-28)40(49)51-24-27-8-6-5-7-9-27/h5-23,26,35-36,38-39H,4,24H2,1-3H3. The van der Waals surface area contributed by atoms with Crippen LogP contribution in [0.25, 0.3) is 0 Å². The number of halogens is 4. The van der Waals surface area contributed by atoms with Gasteiger partial charge in [-0.15, -0.1) is 0 Å². The minimum Gasteiger partial charge on any atom is -0.465 e. The van der Waals surface area contributed by atoms with Crippen LogP contribution in [0.2, 0.25) is 0 Å². The van der Waals surface area contributed by atoms with Crippen molar-refractivity contribution in [3.63, 3.8) is 0 Å². The van der Waals surface area contributed by atoms with Crippen LogP contribution < -0.4 is 14.4 Å². The monoisotopic (exact) mass is 731 g/mol. The van der Waals surface area contributed by atoms with Crippen LogP contribution in [0.3, 0.4) is 0 Å². The van der Waals surface area contributed by atoms with Gasteiger partial charge in [0.1, 0.15) is 12.4 Å². The Morgan fingerprint density at radius 2 is 1.38 bits per heavy atom. The quantitative estimate of drug-likeness (QED) is 0.0776. The summed E-state index contributed by atoms with van der Waals surface area (Å²) in [5, 5.41) is 0. The molecule has 0 saturated carbocycles. The van der Waals surface area contributed by atoms with Gasteiger partial charge in [-0.2, -0.15) is 17.6 Å². The molecule has 0 aliphatic carbocycles.